The van der Waals surface area contributed by atoms with Crippen LogP contribution in [0.15, 0.2) is 82.9 Å². The van der Waals surface area contributed by atoms with Crippen molar-refractivity contribution in [2.45, 2.75) is 0 Å². The number of furan rings is 1. The summed E-state index contributed by atoms with van der Waals surface area (Å²) in [6.07, 6.45) is 1.44. The second-order valence-electron chi connectivity index (χ2n) is 5.44. The molecule has 0 saturated heterocycles. The molecule has 1 heterocycles. The molecule has 0 aliphatic rings. The molecule has 26 heavy (non-hydrogen) atoms. The molecular formula is C21H17NO4. The van der Waals surface area contributed by atoms with Crippen molar-refractivity contribution < 1.29 is 18.7 Å². The lowest BCUT2D eigenvalue weighted by Gasteiger charge is -2.07. The van der Waals surface area contributed by atoms with Gasteiger partial charge in [-0.25, -0.2) is 4.79 Å². The zero-order valence-electron chi connectivity index (χ0n) is 14.1. The Hall–Kier alpha value is -3.60. The summed E-state index contributed by atoms with van der Waals surface area (Å²) in [7, 11) is 1.25. The molecule has 0 atom stereocenters. The van der Waals surface area contributed by atoms with Crippen LogP contribution in [0.4, 0.5) is 0 Å². The number of carbonyl (C=O) groups is 2. The molecule has 0 aliphatic carbocycles. The summed E-state index contributed by atoms with van der Waals surface area (Å²) in [4.78, 5) is 24.3. The third-order valence-electron chi connectivity index (χ3n) is 3.66. The molecule has 1 amide bonds. The third-order valence-corrected chi connectivity index (χ3v) is 3.66. The normalized spacial score (nSPS) is 11.0. The maximum atomic E-state index is 12.3. The summed E-state index contributed by atoms with van der Waals surface area (Å²) in [6.45, 7) is 0. The molecule has 1 N–H and O–H groups in total. The molecule has 3 aromatic rings. The molecule has 5 heteroatoms. The van der Waals surface area contributed by atoms with E-state index < -0.39 is 11.9 Å². The molecular weight excluding hydrogens is 330 g/mol. The number of benzene rings is 2. The van der Waals surface area contributed by atoms with Crippen LogP contribution in [0.2, 0.25) is 0 Å². The van der Waals surface area contributed by atoms with E-state index in [9.17, 15) is 9.59 Å². The van der Waals surface area contributed by atoms with Crippen molar-refractivity contribution in [2.75, 3.05) is 7.11 Å². The second kappa shape index (κ2) is 7.98. The Morgan fingerprint density at radius 1 is 0.923 bits per heavy atom. The van der Waals surface area contributed by atoms with Crippen LogP contribution in [0.5, 0.6) is 0 Å². The summed E-state index contributed by atoms with van der Waals surface area (Å²) in [6, 6.07) is 21.7. The van der Waals surface area contributed by atoms with Gasteiger partial charge in [-0.15, -0.1) is 0 Å². The van der Waals surface area contributed by atoms with Gasteiger partial charge in [-0.05, 0) is 24.3 Å². The summed E-state index contributed by atoms with van der Waals surface area (Å²) in [5.74, 6) is 0.0251. The van der Waals surface area contributed by atoms with Gasteiger partial charge >= 0.3 is 5.97 Å². The van der Waals surface area contributed by atoms with Crippen molar-refractivity contribution in [1.29, 1.82) is 0 Å². The lowest BCUT2D eigenvalue weighted by molar-refractivity contribution is -0.136. The van der Waals surface area contributed by atoms with Gasteiger partial charge in [0, 0.05) is 17.2 Å². The maximum absolute atomic E-state index is 12.3. The molecule has 0 spiro atoms. The summed E-state index contributed by atoms with van der Waals surface area (Å²) in [5, 5.41) is 2.57. The predicted octanol–water partition coefficient (Wildman–Crippen LogP) is 3.89. The van der Waals surface area contributed by atoms with Gasteiger partial charge in [0.15, 0.2) is 0 Å². The average Bonchev–Trinajstić information content (AvgIpc) is 3.16. The van der Waals surface area contributed by atoms with Gasteiger partial charge < -0.3 is 14.5 Å². The quantitative estimate of drug-likeness (QED) is 0.561. The number of amides is 1. The van der Waals surface area contributed by atoms with Crippen molar-refractivity contribution in [2.24, 2.45) is 0 Å². The highest BCUT2D eigenvalue weighted by atomic mass is 16.5. The summed E-state index contributed by atoms with van der Waals surface area (Å²) < 4.78 is 10.5. The highest BCUT2D eigenvalue weighted by molar-refractivity contribution is 6.03. The van der Waals surface area contributed by atoms with Crippen molar-refractivity contribution in [3.63, 3.8) is 0 Å². The molecule has 3 rings (SSSR count). The number of ether oxygens (including phenoxy) is 1. The Bertz CT molecular complexity index is 927. The number of carbonyl (C=O) groups excluding carboxylic acids is 2. The van der Waals surface area contributed by atoms with E-state index in [0.29, 0.717) is 17.1 Å². The number of rotatable bonds is 5. The van der Waals surface area contributed by atoms with Crippen LogP contribution in [0, 0.1) is 0 Å². The van der Waals surface area contributed by atoms with Gasteiger partial charge in [0.05, 0.1) is 7.11 Å². The molecule has 0 radical (unpaired) electrons. The lowest BCUT2D eigenvalue weighted by Crippen LogP contribution is -2.27. The largest absolute Gasteiger partial charge is 0.464 e. The average molecular weight is 347 g/mol. The zero-order valence-corrected chi connectivity index (χ0v) is 14.1. The van der Waals surface area contributed by atoms with E-state index in [4.69, 9.17) is 9.15 Å². The van der Waals surface area contributed by atoms with E-state index in [1.165, 1.54) is 13.2 Å². The fourth-order valence-electron chi connectivity index (χ4n) is 2.37. The first kappa shape index (κ1) is 17.2. The Labute approximate surface area is 150 Å². The zero-order chi connectivity index (χ0) is 18.4. The number of nitrogens with one attached hydrogen (secondary N) is 1. The highest BCUT2D eigenvalue weighted by Crippen LogP contribution is 2.23. The fraction of sp³-hybridized carbons (Fsp3) is 0.0476. The highest BCUT2D eigenvalue weighted by Gasteiger charge is 2.16. The smallest absolute Gasteiger partial charge is 0.354 e. The minimum absolute atomic E-state index is 0.00434. The minimum atomic E-state index is -0.660. The van der Waals surface area contributed by atoms with E-state index >= 15 is 0 Å². The molecule has 130 valence electrons. The van der Waals surface area contributed by atoms with Gasteiger partial charge in [-0.3, -0.25) is 4.79 Å². The van der Waals surface area contributed by atoms with Gasteiger partial charge in [-0.2, -0.15) is 0 Å². The molecule has 2 aromatic carbocycles. The van der Waals surface area contributed by atoms with Crippen LogP contribution in [0.25, 0.3) is 17.4 Å². The van der Waals surface area contributed by atoms with E-state index in [-0.39, 0.29) is 5.70 Å². The van der Waals surface area contributed by atoms with Crippen molar-refractivity contribution in [3.05, 3.63) is 89.8 Å². The van der Waals surface area contributed by atoms with Crippen LogP contribution < -0.4 is 5.32 Å². The minimum Gasteiger partial charge on any atom is -0.464 e. The van der Waals surface area contributed by atoms with Gasteiger partial charge in [0.25, 0.3) is 5.91 Å². The molecule has 0 bridgehead atoms. The van der Waals surface area contributed by atoms with Gasteiger partial charge in [0.2, 0.25) is 0 Å². The Kier molecular flexibility index (Phi) is 5.29. The molecule has 5 nitrogen and oxygen atoms in total. The second-order valence-corrected chi connectivity index (χ2v) is 5.44. The maximum Gasteiger partial charge on any atom is 0.354 e. The summed E-state index contributed by atoms with van der Waals surface area (Å²) >= 11 is 0. The topological polar surface area (TPSA) is 68.5 Å². The van der Waals surface area contributed by atoms with Crippen LogP contribution in [-0.4, -0.2) is 19.0 Å². The van der Waals surface area contributed by atoms with Gasteiger partial charge in [0.1, 0.15) is 17.2 Å². The van der Waals surface area contributed by atoms with Crippen LogP contribution in [0.3, 0.4) is 0 Å². The fourth-order valence-corrected chi connectivity index (χ4v) is 2.37. The van der Waals surface area contributed by atoms with Crippen LogP contribution >= 0.6 is 0 Å². The molecule has 0 unspecified atom stereocenters. The first-order chi connectivity index (χ1) is 12.7. The number of methoxy groups -OCH3 is 1. The molecule has 0 fully saturated rings. The molecule has 0 aliphatic heterocycles. The van der Waals surface area contributed by atoms with E-state index in [2.05, 4.69) is 5.32 Å². The van der Waals surface area contributed by atoms with Gasteiger partial charge in [-0.1, -0.05) is 48.5 Å². The molecule has 0 saturated carbocycles. The Balaban J connectivity index is 1.85. The van der Waals surface area contributed by atoms with Crippen molar-refractivity contribution >= 4 is 18.0 Å². The van der Waals surface area contributed by atoms with Crippen molar-refractivity contribution in [1.82, 2.24) is 5.32 Å². The van der Waals surface area contributed by atoms with E-state index in [0.717, 1.165) is 5.56 Å². The van der Waals surface area contributed by atoms with Crippen molar-refractivity contribution in [3.8, 4) is 11.3 Å². The number of hydrogen-bond acceptors (Lipinski definition) is 4. The van der Waals surface area contributed by atoms with E-state index in [1.807, 2.05) is 36.4 Å². The number of esters is 1. The first-order valence-corrected chi connectivity index (χ1v) is 7.99. The Morgan fingerprint density at radius 2 is 1.58 bits per heavy atom. The number of hydrogen-bond donors (Lipinski definition) is 1. The SMILES string of the molecule is COC(=O)/C(=C/c1ccc(-c2ccccc2)o1)NC(=O)c1ccccc1. The first-order valence-electron chi connectivity index (χ1n) is 7.99. The standard InChI is InChI=1S/C21H17NO4/c1-25-21(24)18(22-20(23)16-10-6-3-7-11-16)14-17-12-13-19(26-17)15-8-4-2-5-9-15/h2-14H,1H3,(H,22,23)/b18-14-. The predicted molar refractivity (Wildman–Crippen MR) is 98.0 cm³/mol. The summed E-state index contributed by atoms with van der Waals surface area (Å²) in [5.41, 5.74) is 1.35. The van der Waals surface area contributed by atoms with E-state index in [1.54, 1.807) is 36.4 Å². The van der Waals surface area contributed by atoms with Crippen LogP contribution in [0.1, 0.15) is 16.1 Å². The van der Waals surface area contributed by atoms with Crippen LogP contribution in [-0.2, 0) is 9.53 Å². The molecule has 1 aromatic heterocycles. The lowest BCUT2D eigenvalue weighted by atomic mass is 10.2. The monoisotopic (exact) mass is 347 g/mol. The third kappa shape index (κ3) is 4.08. The Morgan fingerprint density at radius 3 is 2.23 bits per heavy atom.